The second-order valence-corrected chi connectivity index (χ2v) is 6.97. The summed E-state index contributed by atoms with van der Waals surface area (Å²) in [4.78, 5) is 11.7. The van der Waals surface area contributed by atoms with Crippen molar-refractivity contribution in [3.05, 3.63) is 41.8 Å². The molecule has 0 saturated heterocycles. The number of carbonyl (C=O) groups excluding carboxylic acids is 1. The number of carbonyl (C=O) groups is 1. The van der Waals surface area contributed by atoms with E-state index >= 15 is 0 Å². The zero-order chi connectivity index (χ0) is 16.9. The average Bonchev–Trinajstić information content (AvgIpc) is 2.93. The first kappa shape index (κ1) is 17.3. The Labute approximate surface area is 140 Å². The van der Waals surface area contributed by atoms with Crippen molar-refractivity contribution in [2.45, 2.75) is 50.3 Å². The maximum absolute atomic E-state index is 11.7. The Bertz CT molecular complexity index is 638. The van der Waals surface area contributed by atoms with Crippen LogP contribution in [0.2, 0.25) is 0 Å². The summed E-state index contributed by atoms with van der Waals surface area (Å²) >= 11 is 1.46. The Balaban J connectivity index is 1.87. The van der Waals surface area contributed by atoms with Gasteiger partial charge in [-0.05, 0) is 33.3 Å². The number of rotatable bonds is 5. The lowest BCUT2D eigenvalue weighted by molar-refractivity contribution is 0.0500. The van der Waals surface area contributed by atoms with Crippen molar-refractivity contribution < 1.29 is 13.9 Å². The molecule has 0 aliphatic heterocycles. The molecule has 0 aliphatic rings. The fourth-order valence-corrected chi connectivity index (χ4v) is 2.44. The summed E-state index contributed by atoms with van der Waals surface area (Å²) in [6.45, 7) is 7.19. The lowest BCUT2D eigenvalue weighted by atomic mass is 10.2. The van der Waals surface area contributed by atoms with Gasteiger partial charge < -0.3 is 14.5 Å². The number of aromatic nitrogens is 2. The summed E-state index contributed by atoms with van der Waals surface area (Å²) in [5, 5.41) is 11.1. The summed E-state index contributed by atoms with van der Waals surface area (Å²) in [5.74, 6) is 1.10. The number of hydrogen-bond acceptors (Lipinski definition) is 6. The Morgan fingerprint density at radius 3 is 2.65 bits per heavy atom. The van der Waals surface area contributed by atoms with Gasteiger partial charge in [-0.25, -0.2) is 4.79 Å². The molecule has 0 bridgehead atoms. The van der Waals surface area contributed by atoms with Gasteiger partial charge in [0.15, 0.2) is 0 Å². The molecule has 23 heavy (non-hydrogen) atoms. The first-order valence-electron chi connectivity index (χ1n) is 7.33. The molecule has 1 N–H and O–H groups in total. The fraction of sp³-hybridized carbons (Fsp3) is 0.438. The third kappa shape index (κ3) is 5.94. The molecule has 1 amide bonds. The quantitative estimate of drug-likeness (QED) is 0.834. The number of ether oxygens (including phenoxy) is 1. The summed E-state index contributed by atoms with van der Waals surface area (Å²) in [6.07, 6.45) is -0.512. The van der Waals surface area contributed by atoms with E-state index in [1.165, 1.54) is 17.3 Å². The van der Waals surface area contributed by atoms with Gasteiger partial charge in [0, 0.05) is 5.75 Å². The van der Waals surface area contributed by atoms with Gasteiger partial charge in [0.05, 0.1) is 0 Å². The number of thioether (sulfide) groups is 1. The Morgan fingerprint density at radius 2 is 2.00 bits per heavy atom. The van der Waals surface area contributed by atoms with Crippen LogP contribution in [0.4, 0.5) is 4.79 Å². The van der Waals surface area contributed by atoms with Crippen molar-refractivity contribution in [2.24, 2.45) is 0 Å². The Hall–Kier alpha value is -2.02. The minimum Gasteiger partial charge on any atom is -0.444 e. The van der Waals surface area contributed by atoms with Crippen LogP contribution in [-0.2, 0) is 10.5 Å². The molecule has 0 spiro atoms. The molecule has 7 heteroatoms. The van der Waals surface area contributed by atoms with Crippen LogP contribution in [0.5, 0.6) is 0 Å². The topological polar surface area (TPSA) is 77.2 Å². The largest absolute Gasteiger partial charge is 0.444 e. The van der Waals surface area contributed by atoms with Crippen molar-refractivity contribution in [2.75, 3.05) is 0 Å². The first-order chi connectivity index (χ1) is 10.8. The molecule has 1 atom stereocenters. The Kier molecular flexibility index (Phi) is 5.65. The molecule has 1 heterocycles. The van der Waals surface area contributed by atoms with Crippen LogP contribution in [0.1, 0.15) is 45.2 Å². The van der Waals surface area contributed by atoms with Gasteiger partial charge in [0.1, 0.15) is 11.6 Å². The van der Waals surface area contributed by atoms with E-state index in [-0.39, 0.29) is 0 Å². The smallest absolute Gasteiger partial charge is 0.408 e. The van der Waals surface area contributed by atoms with Crippen molar-refractivity contribution in [3.8, 4) is 0 Å². The van der Waals surface area contributed by atoms with Crippen LogP contribution >= 0.6 is 11.8 Å². The Morgan fingerprint density at radius 1 is 1.30 bits per heavy atom. The van der Waals surface area contributed by atoms with E-state index in [0.29, 0.717) is 11.1 Å². The third-order valence-electron chi connectivity index (χ3n) is 2.73. The molecule has 0 radical (unpaired) electrons. The zero-order valence-electron chi connectivity index (χ0n) is 13.7. The van der Waals surface area contributed by atoms with Crippen LogP contribution < -0.4 is 5.32 Å². The first-order valence-corrected chi connectivity index (χ1v) is 8.32. The highest BCUT2D eigenvalue weighted by Gasteiger charge is 2.21. The van der Waals surface area contributed by atoms with Gasteiger partial charge in [-0.2, -0.15) is 0 Å². The van der Waals surface area contributed by atoms with Gasteiger partial charge >= 0.3 is 6.09 Å². The van der Waals surface area contributed by atoms with Crippen molar-refractivity contribution in [1.82, 2.24) is 15.5 Å². The van der Waals surface area contributed by atoms with Crippen LogP contribution in [0.15, 0.2) is 40.0 Å². The number of amides is 1. The molecule has 0 aliphatic carbocycles. The van der Waals surface area contributed by atoms with E-state index in [1.807, 2.05) is 51.1 Å². The van der Waals surface area contributed by atoms with Crippen LogP contribution in [-0.4, -0.2) is 21.9 Å². The lowest BCUT2D eigenvalue weighted by Crippen LogP contribution is -2.34. The average molecular weight is 335 g/mol. The summed E-state index contributed by atoms with van der Waals surface area (Å²) in [5.41, 5.74) is 0.632. The van der Waals surface area contributed by atoms with Gasteiger partial charge in [-0.1, -0.05) is 42.1 Å². The minimum absolute atomic E-state index is 0.353. The van der Waals surface area contributed by atoms with Crippen molar-refractivity contribution in [1.29, 1.82) is 0 Å². The van der Waals surface area contributed by atoms with E-state index in [1.54, 1.807) is 6.92 Å². The molecule has 124 valence electrons. The highest BCUT2D eigenvalue weighted by atomic mass is 32.2. The van der Waals surface area contributed by atoms with Gasteiger partial charge in [0.2, 0.25) is 5.89 Å². The lowest BCUT2D eigenvalue weighted by Gasteiger charge is -2.20. The van der Waals surface area contributed by atoms with Crippen molar-refractivity contribution in [3.63, 3.8) is 0 Å². The maximum atomic E-state index is 11.7. The maximum Gasteiger partial charge on any atom is 0.408 e. The summed E-state index contributed by atoms with van der Waals surface area (Å²) < 4.78 is 10.8. The van der Waals surface area contributed by atoms with Crippen molar-refractivity contribution >= 4 is 17.9 Å². The normalized spacial score (nSPS) is 12.7. The second kappa shape index (κ2) is 7.50. The predicted octanol–water partition coefficient (Wildman–Crippen LogP) is 3.95. The number of nitrogens with zero attached hydrogens (tertiary/aromatic N) is 2. The third-order valence-corrected chi connectivity index (χ3v) is 3.62. The number of benzene rings is 1. The van der Waals surface area contributed by atoms with Gasteiger partial charge in [-0.15, -0.1) is 10.2 Å². The molecule has 0 saturated carbocycles. The highest BCUT2D eigenvalue weighted by Crippen LogP contribution is 2.23. The number of alkyl carbamates (subject to hydrolysis) is 1. The highest BCUT2D eigenvalue weighted by molar-refractivity contribution is 7.98. The summed E-state index contributed by atoms with van der Waals surface area (Å²) in [6, 6.07) is 9.62. The van der Waals surface area contributed by atoms with E-state index in [9.17, 15) is 4.79 Å². The van der Waals surface area contributed by atoms with E-state index in [0.717, 1.165) is 5.75 Å². The number of hydrogen-bond donors (Lipinski definition) is 1. The van der Waals surface area contributed by atoms with Gasteiger partial charge in [0.25, 0.3) is 5.22 Å². The molecule has 2 rings (SSSR count). The molecule has 1 aromatic heterocycles. The second-order valence-electron chi connectivity index (χ2n) is 6.05. The summed E-state index contributed by atoms with van der Waals surface area (Å²) in [7, 11) is 0. The molecule has 6 nitrogen and oxygen atoms in total. The number of nitrogens with one attached hydrogen (secondary N) is 1. The predicted molar refractivity (Wildman–Crippen MR) is 88.1 cm³/mol. The van der Waals surface area contributed by atoms with Crippen LogP contribution in [0.25, 0.3) is 0 Å². The van der Waals surface area contributed by atoms with Crippen LogP contribution in [0, 0.1) is 0 Å². The molecule has 2 aromatic rings. The molecular formula is C16H21N3O3S. The van der Waals surface area contributed by atoms with Crippen LogP contribution in [0.3, 0.4) is 0 Å². The molecule has 0 fully saturated rings. The fourth-order valence-electron chi connectivity index (χ4n) is 1.72. The molecular weight excluding hydrogens is 314 g/mol. The van der Waals surface area contributed by atoms with E-state index in [4.69, 9.17) is 9.15 Å². The SMILES string of the molecule is C[C@H](NC(=O)OC(C)(C)C)c1nnc(SCc2ccccc2)o1. The molecule has 1 aromatic carbocycles. The minimum atomic E-state index is -0.546. The monoisotopic (exact) mass is 335 g/mol. The standard InChI is InChI=1S/C16H21N3O3S/c1-11(17-14(20)22-16(2,3)4)13-18-19-15(21-13)23-10-12-8-6-5-7-9-12/h5-9,11H,10H2,1-4H3,(H,17,20)/t11-/m0/s1. The molecule has 0 unspecified atom stereocenters. The van der Waals surface area contributed by atoms with Gasteiger partial charge in [-0.3, -0.25) is 0 Å². The van der Waals surface area contributed by atoms with E-state index < -0.39 is 17.7 Å². The van der Waals surface area contributed by atoms with E-state index in [2.05, 4.69) is 15.5 Å². The zero-order valence-corrected chi connectivity index (χ0v) is 14.5.